The van der Waals surface area contributed by atoms with Gasteiger partial charge in [0.15, 0.2) is 0 Å². The second kappa shape index (κ2) is 10.1. The average molecular weight is 486 g/mol. The minimum atomic E-state index is -0.552. The standard InChI is InChI=1S/C24H25ClFN5O3/c1-16-4-7-18(13-20(16)25)27-21-14-23(33)31(24(34)28-21)10-2-3-22(32)30-12-11-29(15-30)19-8-5-17(26)6-9-19/h4-9,13-14,27H,2-3,10-12,15H2,1H3,(H,28,34). The van der Waals surface area contributed by atoms with E-state index in [1.165, 1.54) is 18.2 Å². The molecule has 3 aromatic rings. The maximum absolute atomic E-state index is 13.1. The van der Waals surface area contributed by atoms with Crippen molar-refractivity contribution in [1.29, 1.82) is 0 Å². The molecule has 34 heavy (non-hydrogen) atoms. The molecule has 1 saturated heterocycles. The van der Waals surface area contributed by atoms with E-state index in [0.717, 1.165) is 15.8 Å². The van der Waals surface area contributed by atoms with Gasteiger partial charge in [0.1, 0.15) is 11.6 Å². The zero-order chi connectivity index (χ0) is 24.2. The molecule has 10 heteroatoms. The quantitative estimate of drug-likeness (QED) is 0.535. The van der Waals surface area contributed by atoms with Crippen LogP contribution in [0.3, 0.4) is 0 Å². The Hall–Kier alpha value is -3.59. The van der Waals surface area contributed by atoms with Crippen molar-refractivity contribution in [2.45, 2.75) is 26.3 Å². The van der Waals surface area contributed by atoms with Crippen LogP contribution in [0.4, 0.5) is 21.6 Å². The Morgan fingerprint density at radius 2 is 1.88 bits per heavy atom. The van der Waals surface area contributed by atoms with Gasteiger partial charge >= 0.3 is 5.69 Å². The largest absolute Gasteiger partial charge is 0.352 e. The first-order chi connectivity index (χ1) is 16.3. The number of nitrogens with zero attached hydrogens (tertiary/aromatic N) is 3. The number of aromatic nitrogens is 2. The normalized spacial score (nSPS) is 13.4. The number of H-pyrrole nitrogens is 1. The highest BCUT2D eigenvalue weighted by Crippen LogP contribution is 2.22. The number of amides is 1. The van der Waals surface area contributed by atoms with Crippen molar-refractivity contribution in [3.8, 4) is 0 Å². The van der Waals surface area contributed by atoms with Gasteiger partial charge in [0.25, 0.3) is 5.56 Å². The van der Waals surface area contributed by atoms with Gasteiger partial charge in [-0.1, -0.05) is 17.7 Å². The molecule has 2 aromatic carbocycles. The Morgan fingerprint density at radius 3 is 2.59 bits per heavy atom. The summed E-state index contributed by atoms with van der Waals surface area (Å²) < 4.78 is 14.2. The van der Waals surface area contributed by atoms with Gasteiger partial charge < -0.3 is 15.1 Å². The van der Waals surface area contributed by atoms with Gasteiger partial charge in [0.05, 0.1) is 6.67 Å². The van der Waals surface area contributed by atoms with Crippen LogP contribution >= 0.6 is 11.6 Å². The zero-order valence-electron chi connectivity index (χ0n) is 18.7. The predicted octanol–water partition coefficient (Wildman–Crippen LogP) is 3.47. The van der Waals surface area contributed by atoms with Crippen molar-refractivity contribution in [1.82, 2.24) is 14.5 Å². The van der Waals surface area contributed by atoms with E-state index in [1.807, 2.05) is 17.9 Å². The second-order valence-electron chi connectivity index (χ2n) is 8.21. The lowest BCUT2D eigenvalue weighted by atomic mass is 10.2. The zero-order valence-corrected chi connectivity index (χ0v) is 19.4. The monoisotopic (exact) mass is 485 g/mol. The van der Waals surface area contributed by atoms with Gasteiger partial charge in [-0.25, -0.2) is 9.18 Å². The van der Waals surface area contributed by atoms with Gasteiger partial charge in [-0.2, -0.15) is 0 Å². The minimum absolute atomic E-state index is 0.0522. The van der Waals surface area contributed by atoms with Crippen molar-refractivity contribution in [3.05, 3.63) is 85.8 Å². The first kappa shape index (κ1) is 23.6. The smallest absolute Gasteiger partial charge is 0.329 e. The first-order valence-corrected chi connectivity index (χ1v) is 11.3. The summed E-state index contributed by atoms with van der Waals surface area (Å²) in [4.78, 5) is 43.9. The molecule has 1 fully saturated rings. The minimum Gasteiger partial charge on any atom is -0.352 e. The summed E-state index contributed by atoms with van der Waals surface area (Å²) in [5.41, 5.74) is 1.42. The Labute approximate surface area is 200 Å². The molecule has 4 rings (SSSR count). The molecule has 2 N–H and O–H groups in total. The Morgan fingerprint density at radius 1 is 1.12 bits per heavy atom. The van der Waals surface area contributed by atoms with E-state index in [1.54, 1.807) is 29.2 Å². The molecule has 2 heterocycles. The Kier molecular flexibility index (Phi) is 7.02. The number of hydrogen-bond donors (Lipinski definition) is 2. The number of halogens is 2. The van der Waals surface area contributed by atoms with E-state index in [9.17, 15) is 18.8 Å². The molecule has 1 aliphatic heterocycles. The molecule has 178 valence electrons. The van der Waals surface area contributed by atoms with Crippen LogP contribution in [-0.2, 0) is 11.3 Å². The number of rotatable bonds is 7. The summed E-state index contributed by atoms with van der Waals surface area (Å²) in [7, 11) is 0. The van der Waals surface area contributed by atoms with Crippen LogP contribution in [0.1, 0.15) is 18.4 Å². The number of carbonyl (C=O) groups excluding carboxylic acids is 1. The molecule has 0 bridgehead atoms. The number of carbonyl (C=O) groups is 1. The number of benzene rings is 2. The Balaban J connectivity index is 1.31. The third-order valence-corrected chi connectivity index (χ3v) is 6.18. The summed E-state index contributed by atoms with van der Waals surface area (Å²) in [6, 6.07) is 12.8. The highest BCUT2D eigenvalue weighted by molar-refractivity contribution is 6.31. The topological polar surface area (TPSA) is 90.4 Å². The molecule has 8 nitrogen and oxygen atoms in total. The molecule has 1 amide bonds. The highest BCUT2D eigenvalue weighted by atomic mass is 35.5. The molecule has 1 aromatic heterocycles. The molecule has 0 radical (unpaired) electrons. The van der Waals surface area contributed by atoms with Crippen molar-refractivity contribution in [2.75, 3.05) is 30.0 Å². The highest BCUT2D eigenvalue weighted by Gasteiger charge is 2.24. The fourth-order valence-electron chi connectivity index (χ4n) is 3.83. The van der Waals surface area contributed by atoms with Crippen LogP contribution in [0, 0.1) is 12.7 Å². The fourth-order valence-corrected chi connectivity index (χ4v) is 4.01. The molecule has 1 aliphatic rings. The van der Waals surface area contributed by atoms with E-state index in [0.29, 0.717) is 36.9 Å². The summed E-state index contributed by atoms with van der Waals surface area (Å²) in [6.07, 6.45) is 0.570. The van der Waals surface area contributed by atoms with Gasteiger partial charge in [-0.05, 0) is 55.3 Å². The third kappa shape index (κ3) is 5.48. The number of nitrogens with one attached hydrogen (secondary N) is 2. The third-order valence-electron chi connectivity index (χ3n) is 5.77. The molecule has 0 spiro atoms. The number of aryl methyl sites for hydroxylation is 1. The first-order valence-electron chi connectivity index (χ1n) is 11.0. The average Bonchev–Trinajstić information content (AvgIpc) is 3.29. The van der Waals surface area contributed by atoms with Gasteiger partial charge in [-0.3, -0.25) is 19.1 Å². The summed E-state index contributed by atoms with van der Waals surface area (Å²) >= 11 is 6.12. The van der Waals surface area contributed by atoms with Crippen LogP contribution in [0.15, 0.2) is 58.1 Å². The molecule has 0 saturated carbocycles. The van der Waals surface area contributed by atoms with Crippen LogP contribution in [0.5, 0.6) is 0 Å². The van der Waals surface area contributed by atoms with E-state index in [2.05, 4.69) is 10.3 Å². The molecule has 0 aliphatic carbocycles. The summed E-state index contributed by atoms with van der Waals surface area (Å²) in [6.45, 7) is 3.67. The van der Waals surface area contributed by atoms with E-state index < -0.39 is 11.2 Å². The van der Waals surface area contributed by atoms with Crippen LogP contribution in [0.25, 0.3) is 0 Å². The van der Waals surface area contributed by atoms with Crippen molar-refractivity contribution in [2.24, 2.45) is 0 Å². The maximum atomic E-state index is 13.1. The lowest BCUT2D eigenvalue weighted by Crippen LogP contribution is -2.36. The molecular formula is C24H25ClFN5O3. The predicted molar refractivity (Wildman–Crippen MR) is 130 cm³/mol. The fraction of sp³-hybridized carbons (Fsp3) is 0.292. The van der Waals surface area contributed by atoms with Crippen LogP contribution in [-0.4, -0.2) is 40.1 Å². The molecule has 0 unspecified atom stereocenters. The van der Waals surface area contributed by atoms with Crippen LogP contribution in [0.2, 0.25) is 5.02 Å². The lowest BCUT2D eigenvalue weighted by molar-refractivity contribution is -0.130. The van der Waals surface area contributed by atoms with Gasteiger partial charge in [-0.15, -0.1) is 0 Å². The van der Waals surface area contributed by atoms with Crippen molar-refractivity contribution < 1.29 is 9.18 Å². The maximum Gasteiger partial charge on any atom is 0.329 e. The van der Waals surface area contributed by atoms with Gasteiger partial charge in [0.2, 0.25) is 5.91 Å². The SMILES string of the molecule is Cc1ccc(Nc2cc(=O)n(CCCC(=O)N3CCN(c4ccc(F)cc4)C3)c(=O)[nH]2)cc1Cl. The van der Waals surface area contributed by atoms with Crippen molar-refractivity contribution in [3.63, 3.8) is 0 Å². The van der Waals surface area contributed by atoms with E-state index in [-0.39, 0.29) is 30.5 Å². The van der Waals surface area contributed by atoms with Gasteiger partial charge in [0, 0.05) is 48.5 Å². The van der Waals surface area contributed by atoms with E-state index in [4.69, 9.17) is 11.6 Å². The number of aromatic amines is 1. The summed E-state index contributed by atoms with van der Waals surface area (Å²) in [5.74, 6) is -0.0895. The lowest BCUT2D eigenvalue weighted by Gasteiger charge is -2.20. The van der Waals surface area contributed by atoms with Crippen molar-refractivity contribution >= 4 is 34.7 Å². The summed E-state index contributed by atoms with van der Waals surface area (Å²) in [5, 5.41) is 3.55. The Bertz CT molecular complexity index is 1270. The number of hydrogen-bond acceptors (Lipinski definition) is 5. The number of anilines is 3. The second-order valence-corrected chi connectivity index (χ2v) is 8.62. The molecular weight excluding hydrogens is 461 g/mol. The van der Waals surface area contributed by atoms with E-state index >= 15 is 0 Å². The van der Waals surface area contributed by atoms with Crippen LogP contribution < -0.4 is 21.5 Å². The molecule has 0 atom stereocenters.